The predicted molar refractivity (Wildman–Crippen MR) is 121 cm³/mol. The number of aromatic amines is 1. The van der Waals surface area contributed by atoms with Gasteiger partial charge < -0.3 is 19.9 Å². The van der Waals surface area contributed by atoms with Gasteiger partial charge in [0.1, 0.15) is 11.6 Å². The second-order valence-corrected chi connectivity index (χ2v) is 8.01. The highest BCUT2D eigenvalue weighted by Crippen LogP contribution is 2.41. The van der Waals surface area contributed by atoms with E-state index in [2.05, 4.69) is 10.3 Å². The molecule has 1 saturated heterocycles. The number of rotatable bonds is 3. The van der Waals surface area contributed by atoms with E-state index in [0.29, 0.717) is 65.5 Å². The van der Waals surface area contributed by atoms with Crippen molar-refractivity contribution in [1.29, 1.82) is 0 Å². The van der Waals surface area contributed by atoms with E-state index >= 15 is 0 Å². The Morgan fingerprint density at radius 2 is 1.91 bits per heavy atom. The fourth-order valence-corrected chi connectivity index (χ4v) is 4.28. The number of nitrogens with zero attached hydrogens (tertiary/aromatic N) is 1. The Labute approximate surface area is 188 Å². The predicted octanol–water partition coefficient (Wildman–Crippen LogP) is 4.23. The summed E-state index contributed by atoms with van der Waals surface area (Å²) in [5.41, 5.74) is 3.93. The number of benzene rings is 2. The van der Waals surface area contributed by atoms with Crippen molar-refractivity contribution in [1.82, 2.24) is 9.88 Å². The zero-order valence-corrected chi connectivity index (χ0v) is 17.9. The second kappa shape index (κ2) is 8.29. The molecule has 2 amide bonds. The normalized spacial score (nSPS) is 16.8. The maximum atomic E-state index is 14.6. The van der Waals surface area contributed by atoms with Crippen LogP contribution in [0.25, 0.3) is 22.8 Å². The van der Waals surface area contributed by atoms with Gasteiger partial charge in [-0.1, -0.05) is 12.1 Å². The number of fused-ring (bicyclic) bond motifs is 1. The maximum Gasteiger partial charge on any atom is 0.256 e. The van der Waals surface area contributed by atoms with E-state index in [0.717, 1.165) is 6.07 Å². The molecule has 2 N–H and O–H groups in total. The molecule has 0 radical (unpaired) electrons. The fraction of sp³-hybridized carbons (Fsp3) is 0.200. The third-order valence-electron chi connectivity index (χ3n) is 6.05. The van der Waals surface area contributed by atoms with E-state index in [9.17, 15) is 18.4 Å². The molecule has 6 nitrogen and oxygen atoms in total. The fourth-order valence-electron chi connectivity index (χ4n) is 4.28. The lowest BCUT2D eigenvalue weighted by molar-refractivity contribution is -0.110. The van der Waals surface area contributed by atoms with E-state index in [-0.39, 0.29) is 17.4 Å². The van der Waals surface area contributed by atoms with Crippen molar-refractivity contribution in [2.45, 2.75) is 6.92 Å². The minimum absolute atomic E-state index is 0.0953. The Balaban J connectivity index is 1.56. The average molecular weight is 449 g/mol. The van der Waals surface area contributed by atoms with Crippen LogP contribution in [0.3, 0.4) is 0 Å². The number of carbonyl (C=O) groups excluding carboxylic acids is 2. The molecule has 1 fully saturated rings. The van der Waals surface area contributed by atoms with Crippen LogP contribution in [0.5, 0.6) is 0 Å². The topological polar surface area (TPSA) is 74.4 Å². The van der Waals surface area contributed by atoms with Crippen molar-refractivity contribution >= 4 is 29.2 Å². The zero-order valence-electron chi connectivity index (χ0n) is 17.9. The van der Waals surface area contributed by atoms with E-state index in [1.54, 1.807) is 35.4 Å². The molecule has 2 aliphatic rings. The summed E-state index contributed by atoms with van der Waals surface area (Å²) in [4.78, 5) is 30.6. The molecule has 0 aliphatic carbocycles. The first-order valence-electron chi connectivity index (χ1n) is 10.6. The average Bonchev–Trinajstić information content (AvgIpc) is 3.33. The van der Waals surface area contributed by atoms with Gasteiger partial charge in [-0.05, 0) is 42.3 Å². The molecule has 1 aromatic heterocycles. The smallest absolute Gasteiger partial charge is 0.256 e. The van der Waals surface area contributed by atoms with Crippen LogP contribution in [0.15, 0.2) is 42.6 Å². The van der Waals surface area contributed by atoms with Crippen molar-refractivity contribution < 1.29 is 23.1 Å². The number of amides is 2. The standard InChI is InChI=1S/C25H21F2N3O3/c1-14-19(25(32)30-7-9-33-10-8-30)13-28-22(14)12-18-23-17(3-2-4-21(23)29-24(18)31)16-6-5-15(26)11-20(16)27/h2-6,11-13,28H,7-10H2,1H3,(H,29,31). The number of carbonyl (C=O) groups is 2. The largest absolute Gasteiger partial charge is 0.378 e. The third-order valence-corrected chi connectivity index (χ3v) is 6.05. The van der Waals surface area contributed by atoms with Gasteiger partial charge in [0.25, 0.3) is 11.8 Å². The van der Waals surface area contributed by atoms with Gasteiger partial charge in [0.15, 0.2) is 0 Å². The summed E-state index contributed by atoms with van der Waals surface area (Å²) in [6.07, 6.45) is 3.30. The first kappa shape index (κ1) is 21.1. The Bertz CT molecular complexity index is 1310. The number of morpholine rings is 1. The third kappa shape index (κ3) is 3.72. The van der Waals surface area contributed by atoms with Gasteiger partial charge in [0, 0.05) is 47.9 Å². The van der Waals surface area contributed by atoms with Gasteiger partial charge in [-0.3, -0.25) is 9.59 Å². The van der Waals surface area contributed by atoms with Crippen molar-refractivity contribution in [3.8, 4) is 11.1 Å². The van der Waals surface area contributed by atoms with Crippen LogP contribution in [-0.2, 0) is 9.53 Å². The number of halogens is 2. The number of hydrogen-bond donors (Lipinski definition) is 2. The van der Waals surface area contributed by atoms with E-state index in [1.165, 1.54) is 12.1 Å². The van der Waals surface area contributed by atoms with Crippen molar-refractivity contribution in [3.05, 3.63) is 76.6 Å². The van der Waals surface area contributed by atoms with Gasteiger partial charge in [-0.2, -0.15) is 0 Å². The summed E-state index contributed by atoms with van der Waals surface area (Å²) in [7, 11) is 0. The number of ether oxygens (including phenoxy) is 1. The SMILES string of the molecule is Cc1c(C(=O)N2CCOCC2)c[nH]c1C=C1C(=O)Nc2cccc(-c3ccc(F)cc3F)c21. The van der Waals surface area contributed by atoms with Gasteiger partial charge in [-0.25, -0.2) is 8.78 Å². The molecule has 8 heteroatoms. The highest BCUT2D eigenvalue weighted by Gasteiger charge is 2.29. The van der Waals surface area contributed by atoms with Gasteiger partial charge in [-0.15, -0.1) is 0 Å². The summed E-state index contributed by atoms with van der Waals surface area (Å²) in [5.74, 6) is -1.82. The monoisotopic (exact) mass is 449 g/mol. The molecule has 168 valence electrons. The van der Waals surface area contributed by atoms with Gasteiger partial charge in [0.05, 0.1) is 24.4 Å². The minimum Gasteiger partial charge on any atom is -0.378 e. The van der Waals surface area contributed by atoms with Gasteiger partial charge >= 0.3 is 0 Å². The molecular formula is C25H21F2N3O3. The van der Waals surface area contributed by atoms with Crippen LogP contribution in [0.2, 0.25) is 0 Å². The molecule has 3 aromatic rings. The highest BCUT2D eigenvalue weighted by atomic mass is 19.1. The quantitative estimate of drug-likeness (QED) is 0.588. The second-order valence-electron chi connectivity index (χ2n) is 8.01. The summed E-state index contributed by atoms with van der Waals surface area (Å²) in [5, 5.41) is 2.80. The molecule has 33 heavy (non-hydrogen) atoms. The minimum atomic E-state index is -0.712. The summed E-state index contributed by atoms with van der Waals surface area (Å²) in [6, 6.07) is 8.50. The summed E-state index contributed by atoms with van der Waals surface area (Å²) < 4.78 is 33.3. The van der Waals surface area contributed by atoms with Crippen molar-refractivity contribution in [2.24, 2.45) is 0 Å². The molecule has 0 bridgehead atoms. The van der Waals surface area contributed by atoms with Crippen LogP contribution < -0.4 is 5.32 Å². The van der Waals surface area contributed by atoms with E-state index in [1.807, 2.05) is 6.92 Å². The number of aromatic nitrogens is 1. The van der Waals surface area contributed by atoms with Crippen LogP contribution in [0.4, 0.5) is 14.5 Å². The molecule has 0 spiro atoms. The molecule has 3 heterocycles. The molecular weight excluding hydrogens is 428 g/mol. The number of nitrogens with one attached hydrogen (secondary N) is 2. The van der Waals surface area contributed by atoms with Crippen LogP contribution in [0.1, 0.15) is 27.2 Å². The molecule has 5 rings (SSSR count). The van der Waals surface area contributed by atoms with E-state index < -0.39 is 11.6 Å². The lowest BCUT2D eigenvalue weighted by atomic mass is 9.93. The lowest BCUT2D eigenvalue weighted by Crippen LogP contribution is -2.40. The molecule has 0 atom stereocenters. The molecule has 2 aliphatic heterocycles. The van der Waals surface area contributed by atoms with Gasteiger partial charge in [0.2, 0.25) is 0 Å². The number of H-pyrrole nitrogens is 1. The summed E-state index contributed by atoms with van der Waals surface area (Å²) in [6.45, 7) is 3.89. The lowest BCUT2D eigenvalue weighted by Gasteiger charge is -2.26. The Morgan fingerprint density at radius 3 is 2.67 bits per heavy atom. The zero-order chi connectivity index (χ0) is 23.1. The Hall–Kier alpha value is -3.78. The van der Waals surface area contributed by atoms with Crippen molar-refractivity contribution in [3.63, 3.8) is 0 Å². The first-order chi connectivity index (χ1) is 15.9. The Morgan fingerprint density at radius 1 is 1.12 bits per heavy atom. The number of anilines is 1. The molecule has 0 saturated carbocycles. The first-order valence-corrected chi connectivity index (χ1v) is 10.6. The number of hydrogen-bond acceptors (Lipinski definition) is 3. The summed E-state index contributed by atoms with van der Waals surface area (Å²) >= 11 is 0. The van der Waals surface area contributed by atoms with Crippen LogP contribution >= 0.6 is 0 Å². The highest BCUT2D eigenvalue weighted by molar-refractivity contribution is 6.36. The Kier molecular flexibility index (Phi) is 5.30. The van der Waals surface area contributed by atoms with Crippen LogP contribution in [0, 0.1) is 18.6 Å². The van der Waals surface area contributed by atoms with E-state index in [4.69, 9.17) is 4.74 Å². The maximum absolute atomic E-state index is 14.6. The molecule has 0 unspecified atom stereocenters. The molecule has 2 aromatic carbocycles. The van der Waals surface area contributed by atoms with Crippen molar-refractivity contribution in [2.75, 3.05) is 31.6 Å². The van der Waals surface area contributed by atoms with Crippen LogP contribution in [-0.4, -0.2) is 48.0 Å².